The van der Waals surface area contributed by atoms with Crippen LogP contribution in [0.4, 0.5) is 5.82 Å². The van der Waals surface area contributed by atoms with Gasteiger partial charge in [0.1, 0.15) is 15.9 Å². The van der Waals surface area contributed by atoms with E-state index in [9.17, 15) is 8.42 Å². The molecule has 0 unspecified atom stereocenters. The van der Waals surface area contributed by atoms with Gasteiger partial charge in [-0.1, -0.05) is 5.57 Å². The number of hydrogen-bond donors (Lipinski definition) is 2. The third-order valence-corrected chi connectivity index (χ3v) is 7.37. The molecule has 1 saturated carbocycles. The van der Waals surface area contributed by atoms with Gasteiger partial charge in [-0.2, -0.15) is 0 Å². The van der Waals surface area contributed by atoms with E-state index in [1.54, 1.807) is 25.4 Å². The zero-order chi connectivity index (χ0) is 19.6. The highest BCUT2D eigenvalue weighted by molar-refractivity contribution is 7.91. The molecule has 0 bridgehead atoms. The Morgan fingerprint density at radius 1 is 1.37 bits per heavy atom. The third-order valence-electron chi connectivity index (χ3n) is 4.38. The minimum Gasteiger partial charge on any atom is -0.325 e. The first-order chi connectivity index (χ1) is 12.8. The minimum atomic E-state index is -3.47. The average Bonchev–Trinajstić information content (AvgIpc) is 3.39. The highest BCUT2D eigenvalue weighted by Crippen LogP contribution is 2.36. The topological polar surface area (TPSA) is 96.3 Å². The molecule has 144 valence electrons. The smallest absolute Gasteiger partial charge is 0.249 e. The second kappa shape index (κ2) is 7.87. The van der Waals surface area contributed by atoms with E-state index in [1.165, 1.54) is 25.5 Å². The lowest BCUT2D eigenvalue weighted by Gasteiger charge is -2.10. The van der Waals surface area contributed by atoms with Crippen molar-refractivity contribution in [2.24, 2.45) is 10.9 Å². The first-order valence-electron chi connectivity index (χ1n) is 8.63. The van der Waals surface area contributed by atoms with Crippen molar-refractivity contribution >= 4 is 33.0 Å². The van der Waals surface area contributed by atoms with E-state index >= 15 is 0 Å². The van der Waals surface area contributed by atoms with Crippen LogP contribution in [0.2, 0.25) is 0 Å². The summed E-state index contributed by atoms with van der Waals surface area (Å²) in [4.78, 5) is 13.9. The number of rotatable bonds is 6. The van der Waals surface area contributed by atoms with Crippen LogP contribution in [0.3, 0.4) is 0 Å². The summed E-state index contributed by atoms with van der Waals surface area (Å²) in [6.07, 6.45) is 6.27. The molecule has 3 rings (SSSR count). The predicted octanol–water partition coefficient (Wildman–Crippen LogP) is 3.22. The monoisotopic (exact) mass is 405 g/mol. The third kappa shape index (κ3) is 4.60. The molecule has 1 fully saturated rings. The summed E-state index contributed by atoms with van der Waals surface area (Å²) in [5.41, 5.74) is 2.20. The molecule has 1 aliphatic carbocycles. The van der Waals surface area contributed by atoms with Gasteiger partial charge in [0.15, 0.2) is 5.82 Å². The Morgan fingerprint density at radius 2 is 2.11 bits per heavy atom. The van der Waals surface area contributed by atoms with Gasteiger partial charge in [0.05, 0.1) is 4.88 Å². The van der Waals surface area contributed by atoms with Crippen molar-refractivity contribution in [2.75, 3.05) is 19.4 Å². The largest absolute Gasteiger partial charge is 0.325 e. The van der Waals surface area contributed by atoms with Crippen molar-refractivity contribution in [3.05, 3.63) is 35.5 Å². The SMILES string of the molecule is CN=C(/C=C(\C)C1CC1)Nc1nc(-c2ccc(S(=O)(=O)NC)s2)ncc1C. The first kappa shape index (κ1) is 19.7. The molecular formula is C18H23N5O2S2. The number of hydrogen-bond acceptors (Lipinski definition) is 6. The molecule has 0 aliphatic heterocycles. The molecular weight excluding hydrogens is 382 g/mol. The molecule has 2 aromatic rings. The summed E-state index contributed by atoms with van der Waals surface area (Å²) in [5.74, 6) is 2.55. The number of aliphatic imine (C=N–C) groups is 1. The number of sulfonamides is 1. The van der Waals surface area contributed by atoms with Gasteiger partial charge in [-0.15, -0.1) is 11.3 Å². The second-order valence-corrected chi connectivity index (χ2v) is 9.65. The fourth-order valence-electron chi connectivity index (χ4n) is 2.52. The van der Waals surface area contributed by atoms with Crippen molar-refractivity contribution in [1.29, 1.82) is 0 Å². The van der Waals surface area contributed by atoms with E-state index in [0.29, 0.717) is 22.4 Å². The van der Waals surface area contributed by atoms with Gasteiger partial charge >= 0.3 is 0 Å². The van der Waals surface area contributed by atoms with Gasteiger partial charge in [0.2, 0.25) is 10.0 Å². The molecule has 0 saturated heterocycles. The fourth-order valence-corrected chi connectivity index (χ4v) is 4.61. The lowest BCUT2D eigenvalue weighted by Crippen LogP contribution is -2.17. The molecule has 9 heteroatoms. The number of nitrogens with one attached hydrogen (secondary N) is 2. The summed E-state index contributed by atoms with van der Waals surface area (Å²) in [5, 5.41) is 3.27. The molecule has 0 amide bonds. The van der Waals surface area contributed by atoms with E-state index in [-0.39, 0.29) is 4.21 Å². The molecule has 7 nitrogen and oxygen atoms in total. The number of aromatic nitrogens is 2. The Balaban J connectivity index is 1.87. The number of amidine groups is 1. The van der Waals surface area contributed by atoms with Crippen molar-refractivity contribution in [3.63, 3.8) is 0 Å². The van der Waals surface area contributed by atoms with Crippen LogP contribution in [-0.4, -0.2) is 38.3 Å². The van der Waals surface area contributed by atoms with Gasteiger partial charge in [0.25, 0.3) is 0 Å². The van der Waals surface area contributed by atoms with Gasteiger partial charge in [0, 0.05) is 18.8 Å². The Kier molecular flexibility index (Phi) is 5.73. The number of allylic oxidation sites excluding steroid dienone is 1. The van der Waals surface area contributed by atoms with E-state index < -0.39 is 10.0 Å². The van der Waals surface area contributed by atoms with Crippen LogP contribution in [0.15, 0.2) is 39.2 Å². The van der Waals surface area contributed by atoms with Crippen molar-refractivity contribution in [3.8, 4) is 10.7 Å². The lowest BCUT2D eigenvalue weighted by molar-refractivity contribution is 0.590. The molecule has 2 N–H and O–H groups in total. The van der Waals surface area contributed by atoms with Crippen LogP contribution in [-0.2, 0) is 10.0 Å². The molecule has 27 heavy (non-hydrogen) atoms. The highest BCUT2D eigenvalue weighted by Gasteiger charge is 2.23. The minimum absolute atomic E-state index is 0.234. The van der Waals surface area contributed by atoms with Crippen LogP contribution in [0, 0.1) is 12.8 Å². The van der Waals surface area contributed by atoms with Gasteiger partial charge in [-0.3, -0.25) is 4.99 Å². The summed E-state index contributed by atoms with van der Waals surface area (Å²) in [6.45, 7) is 4.04. The predicted molar refractivity (Wildman–Crippen MR) is 110 cm³/mol. The van der Waals surface area contributed by atoms with E-state index in [1.807, 2.05) is 6.92 Å². The molecule has 0 radical (unpaired) electrons. The van der Waals surface area contributed by atoms with Crippen LogP contribution in [0.5, 0.6) is 0 Å². The molecule has 0 spiro atoms. The highest BCUT2D eigenvalue weighted by atomic mass is 32.2. The van der Waals surface area contributed by atoms with Crippen LogP contribution >= 0.6 is 11.3 Å². The Bertz CT molecular complexity index is 1000. The van der Waals surface area contributed by atoms with Crippen molar-refractivity contribution in [2.45, 2.75) is 30.9 Å². The Hall–Kier alpha value is -2.10. The van der Waals surface area contributed by atoms with E-state index in [0.717, 1.165) is 22.7 Å². The second-order valence-electron chi connectivity index (χ2n) is 6.45. The first-order valence-corrected chi connectivity index (χ1v) is 10.9. The van der Waals surface area contributed by atoms with Crippen molar-refractivity contribution in [1.82, 2.24) is 14.7 Å². The maximum absolute atomic E-state index is 11.9. The van der Waals surface area contributed by atoms with Gasteiger partial charge in [-0.25, -0.2) is 23.1 Å². The van der Waals surface area contributed by atoms with E-state index in [4.69, 9.17) is 0 Å². The number of thiophene rings is 1. The summed E-state index contributed by atoms with van der Waals surface area (Å²) in [7, 11) is -0.340. The molecule has 0 atom stereocenters. The average molecular weight is 406 g/mol. The molecule has 1 aliphatic rings. The fraction of sp³-hybridized carbons (Fsp3) is 0.389. The van der Waals surface area contributed by atoms with Gasteiger partial charge in [-0.05, 0) is 57.9 Å². The number of anilines is 1. The zero-order valence-electron chi connectivity index (χ0n) is 15.8. The molecule has 0 aromatic carbocycles. The quantitative estimate of drug-likeness (QED) is 0.568. The summed E-state index contributed by atoms with van der Waals surface area (Å²) < 4.78 is 26.4. The van der Waals surface area contributed by atoms with Gasteiger partial charge < -0.3 is 5.32 Å². The Labute approximate surface area is 163 Å². The normalized spacial score (nSPS) is 15.9. The number of nitrogens with zero attached hydrogens (tertiary/aromatic N) is 3. The van der Waals surface area contributed by atoms with Crippen molar-refractivity contribution < 1.29 is 8.42 Å². The van der Waals surface area contributed by atoms with Crippen LogP contribution in [0.25, 0.3) is 10.7 Å². The van der Waals surface area contributed by atoms with E-state index in [2.05, 4.69) is 38.0 Å². The van der Waals surface area contributed by atoms with Crippen LogP contribution in [0.1, 0.15) is 25.3 Å². The standard InChI is InChI=1S/C18H23N5O2S2/c1-11(13-5-6-13)9-15(19-3)22-17-12(2)10-21-18(23-17)14-7-8-16(26-14)27(24,25)20-4/h7-10,13,20H,5-6H2,1-4H3,(H,19,21,22,23)/b11-9+. The Morgan fingerprint density at radius 3 is 2.74 bits per heavy atom. The zero-order valence-corrected chi connectivity index (χ0v) is 17.4. The molecule has 2 heterocycles. The molecule has 2 aromatic heterocycles. The lowest BCUT2D eigenvalue weighted by atomic mass is 10.2. The maximum atomic E-state index is 11.9. The maximum Gasteiger partial charge on any atom is 0.249 e. The number of aryl methyl sites for hydroxylation is 1. The van der Waals surface area contributed by atoms with Crippen LogP contribution < -0.4 is 10.0 Å². The summed E-state index contributed by atoms with van der Waals surface area (Å²) >= 11 is 1.13. The summed E-state index contributed by atoms with van der Waals surface area (Å²) in [6, 6.07) is 3.28.